The molecule has 4 heteroatoms. The van der Waals surface area contributed by atoms with E-state index in [1.165, 1.54) is 38.8 Å². The number of carboxylic acid groups (broad SMARTS) is 1. The highest BCUT2D eigenvalue weighted by Gasteiger charge is 2.29. The molecule has 1 aliphatic carbocycles. The Balaban J connectivity index is 0.000000150. The Morgan fingerprint density at radius 2 is 1.67 bits per heavy atom. The first-order chi connectivity index (χ1) is 8.77. The second-order valence-electron chi connectivity index (χ2n) is 4.38. The molecule has 1 heterocycles. The molecule has 1 aromatic carbocycles. The molecule has 3 rings (SSSR count). The SMILES string of the molecule is C1CCN(C2CC2)C1.Clc1ccccc1.O=CO. The molecule has 2 fully saturated rings. The number of halogens is 1. The van der Waals surface area contributed by atoms with E-state index in [9.17, 15) is 0 Å². The lowest BCUT2D eigenvalue weighted by Gasteiger charge is -2.11. The molecule has 0 amide bonds. The van der Waals surface area contributed by atoms with Crippen LogP contribution in [0.25, 0.3) is 0 Å². The summed E-state index contributed by atoms with van der Waals surface area (Å²) in [6, 6.07) is 10.5. The lowest BCUT2D eigenvalue weighted by atomic mass is 10.4. The van der Waals surface area contributed by atoms with Crippen molar-refractivity contribution in [3.63, 3.8) is 0 Å². The van der Waals surface area contributed by atoms with Gasteiger partial charge >= 0.3 is 0 Å². The van der Waals surface area contributed by atoms with Crippen LogP contribution in [-0.2, 0) is 4.79 Å². The molecule has 18 heavy (non-hydrogen) atoms. The van der Waals surface area contributed by atoms with Gasteiger partial charge in [-0.2, -0.15) is 0 Å². The normalized spacial score (nSPS) is 18.1. The van der Waals surface area contributed by atoms with Crippen LogP contribution in [0.4, 0.5) is 0 Å². The van der Waals surface area contributed by atoms with E-state index in [-0.39, 0.29) is 6.47 Å². The van der Waals surface area contributed by atoms with Gasteiger partial charge in [0.05, 0.1) is 0 Å². The Morgan fingerprint density at radius 1 is 1.17 bits per heavy atom. The number of likely N-dealkylation sites (tertiary alicyclic amines) is 1. The van der Waals surface area contributed by atoms with Gasteiger partial charge in [0.2, 0.25) is 0 Å². The van der Waals surface area contributed by atoms with E-state index in [1.807, 2.05) is 30.3 Å². The highest BCUT2D eigenvalue weighted by Crippen LogP contribution is 2.29. The van der Waals surface area contributed by atoms with Crippen molar-refractivity contribution in [1.82, 2.24) is 4.90 Å². The lowest BCUT2D eigenvalue weighted by molar-refractivity contribution is -0.122. The number of hydrogen-bond donors (Lipinski definition) is 1. The van der Waals surface area contributed by atoms with Crippen LogP contribution >= 0.6 is 11.6 Å². The molecule has 0 radical (unpaired) electrons. The van der Waals surface area contributed by atoms with Crippen molar-refractivity contribution in [2.75, 3.05) is 13.1 Å². The third kappa shape index (κ3) is 6.62. The second-order valence-corrected chi connectivity index (χ2v) is 4.81. The van der Waals surface area contributed by atoms with E-state index in [4.69, 9.17) is 21.5 Å². The van der Waals surface area contributed by atoms with Crippen LogP contribution in [0, 0.1) is 0 Å². The maximum absolute atomic E-state index is 8.36. The topological polar surface area (TPSA) is 40.5 Å². The first-order valence-electron chi connectivity index (χ1n) is 6.30. The maximum atomic E-state index is 8.36. The summed E-state index contributed by atoms with van der Waals surface area (Å²) in [5.74, 6) is 0. The first kappa shape index (κ1) is 15.0. The number of benzene rings is 1. The molecule has 0 bridgehead atoms. The third-order valence-corrected chi connectivity index (χ3v) is 3.19. The molecule has 1 saturated heterocycles. The zero-order valence-corrected chi connectivity index (χ0v) is 11.2. The molecule has 1 N–H and O–H groups in total. The van der Waals surface area contributed by atoms with Gasteiger partial charge in [0, 0.05) is 11.1 Å². The fourth-order valence-corrected chi connectivity index (χ4v) is 2.11. The maximum Gasteiger partial charge on any atom is 0.290 e. The fourth-order valence-electron chi connectivity index (χ4n) is 1.96. The van der Waals surface area contributed by atoms with Crippen LogP contribution in [-0.4, -0.2) is 35.6 Å². The lowest BCUT2D eigenvalue weighted by Crippen LogP contribution is -2.20. The summed E-state index contributed by atoms with van der Waals surface area (Å²) in [6.07, 6.45) is 5.88. The van der Waals surface area contributed by atoms with Crippen molar-refractivity contribution in [3.8, 4) is 0 Å². The van der Waals surface area contributed by atoms with Gasteiger partial charge in [-0.1, -0.05) is 29.8 Å². The van der Waals surface area contributed by atoms with E-state index in [1.54, 1.807) is 0 Å². The number of hydrogen-bond acceptors (Lipinski definition) is 2. The number of rotatable bonds is 1. The van der Waals surface area contributed by atoms with Gasteiger partial charge in [0.15, 0.2) is 0 Å². The van der Waals surface area contributed by atoms with Gasteiger partial charge in [-0.15, -0.1) is 0 Å². The van der Waals surface area contributed by atoms with Gasteiger partial charge < -0.3 is 10.0 Å². The molecular formula is C14H20ClNO2. The zero-order chi connectivity index (χ0) is 13.2. The van der Waals surface area contributed by atoms with Crippen molar-refractivity contribution in [2.45, 2.75) is 31.7 Å². The summed E-state index contributed by atoms with van der Waals surface area (Å²) < 4.78 is 0. The van der Waals surface area contributed by atoms with E-state index < -0.39 is 0 Å². The van der Waals surface area contributed by atoms with Crippen LogP contribution in [0.2, 0.25) is 5.02 Å². The Hall–Kier alpha value is -1.06. The molecule has 0 unspecified atom stereocenters. The van der Waals surface area contributed by atoms with E-state index in [0.29, 0.717) is 0 Å². The monoisotopic (exact) mass is 269 g/mol. The Bertz CT molecular complexity index is 322. The average Bonchev–Trinajstić information content (AvgIpc) is 3.08. The third-order valence-electron chi connectivity index (χ3n) is 2.94. The van der Waals surface area contributed by atoms with Crippen LogP contribution in [0.15, 0.2) is 30.3 Å². The summed E-state index contributed by atoms with van der Waals surface area (Å²) in [7, 11) is 0. The molecular weight excluding hydrogens is 250 g/mol. The van der Waals surface area contributed by atoms with Gasteiger partial charge in [-0.3, -0.25) is 4.79 Å². The van der Waals surface area contributed by atoms with E-state index in [0.717, 1.165) is 11.1 Å². The van der Waals surface area contributed by atoms with Gasteiger partial charge in [-0.05, 0) is 50.9 Å². The molecule has 1 saturated carbocycles. The summed E-state index contributed by atoms with van der Waals surface area (Å²) in [5.41, 5.74) is 0. The minimum Gasteiger partial charge on any atom is -0.483 e. The Kier molecular flexibility index (Phi) is 7.46. The standard InChI is InChI=1S/C7H13N.C6H5Cl.CH2O2/c1-2-6-8(5-1)7-3-4-7;7-6-4-2-1-3-5-6;2-1-3/h7H,1-6H2;1-5H;1H,(H,2,3). The van der Waals surface area contributed by atoms with E-state index >= 15 is 0 Å². The largest absolute Gasteiger partial charge is 0.483 e. The van der Waals surface area contributed by atoms with Crippen LogP contribution in [0.5, 0.6) is 0 Å². The molecule has 1 aromatic rings. The highest BCUT2D eigenvalue weighted by atomic mass is 35.5. The van der Waals surface area contributed by atoms with Gasteiger partial charge in [-0.25, -0.2) is 0 Å². The van der Waals surface area contributed by atoms with Crippen molar-refractivity contribution >= 4 is 18.1 Å². The predicted octanol–water partition coefficient (Wildman–Crippen LogP) is 3.29. The smallest absolute Gasteiger partial charge is 0.290 e. The Labute approximate surface area is 113 Å². The molecule has 2 aliphatic rings. The van der Waals surface area contributed by atoms with Crippen LogP contribution < -0.4 is 0 Å². The number of carbonyl (C=O) groups is 1. The Morgan fingerprint density at radius 3 is 2.00 bits per heavy atom. The molecule has 0 atom stereocenters. The van der Waals surface area contributed by atoms with E-state index in [2.05, 4.69) is 4.90 Å². The average molecular weight is 270 g/mol. The molecule has 0 aromatic heterocycles. The summed E-state index contributed by atoms with van der Waals surface area (Å²) in [6.45, 7) is 2.54. The summed E-state index contributed by atoms with van der Waals surface area (Å²) in [5, 5.41) is 7.68. The second kappa shape index (κ2) is 8.95. The minimum atomic E-state index is -0.250. The highest BCUT2D eigenvalue weighted by molar-refractivity contribution is 6.30. The van der Waals surface area contributed by atoms with Gasteiger partial charge in [0.25, 0.3) is 6.47 Å². The van der Waals surface area contributed by atoms with Crippen molar-refractivity contribution in [3.05, 3.63) is 35.4 Å². The molecule has 100 valence electrons. The summed E-state index contributed by atoms with van der Waals surface area (Å²) >= 11 is 5.54. The minimum absolute atomic E-state index is 0.250. The zero-order valence-electron chi connectivity index (χ0n) is 10.5. The predicted molar refractivity (Wildman–Crippen MR) is 74.0 cm³/mol. The van der Waals surface area contributed by atoms with Crippen molar-refractivity contribution in [1.29, 1.82) is 0 Å². The summed E-state index contributed by atoms with van der Waals surface area (Å²) in [4.78, 5) is 11.0. The molecule has 0 spiro atoms. The first-order valence-corrected chi connectivity index (χ1v) is 6.68. The van der Waals surface area contributed by atoms with Crippen molar-refractivity contribution < 1.29 is 9.90 Å². The molecule has 1 aliphatic heterocycles. The quantitative estimate of drug-likeness (QED) is 0.796. The number of nitrogens with zero attached hydrogens (tertiary/aromatic N) is 1. The fraction of sp³-hybridized carbons (Fsp3) is 0.500. The molecule has 3 nitrogen and oxygen atoms in total. The van der Waals surface area contributed by atoms with Crippen molar-refractivity contribution in [2.24, 2.45) is 0 Å². The van der Waals surface area contributed by atoms with Crippen LogP contribution in [0.3, 0.4) is 0 Å². The van der Waals surface area contributed by atoms with Crippen LogP contribution in [0.1, 0.15) is 25.7 Å². The van der Waals surface area contributed by atoms with Gasteiger partial charge in [0.1, 0.15) is 0 Å².